The van der Waals surface area contributed by atoms with Crippen LogP contribution < -0.4 is 0 Å². The number of carbonyl (C=O) groups excluding carboxylic acids is 1. The highest BCUT2D eigenvalue weighted by Gasteiger charge is 2.60. The maximum absolute atomic E-state index is 11.6. The predicted molar refractivity (Wildman–Crippen MR) is 95.7 cm³/mol. The molecular weight excluding hydrogens is 356 g/mol. The summed E-state index contributed by atoms with van der Waals surface area (Å²) >= 11 is 0. The summed E-state index contributed by atoms with van der Waals surface area (Å²) < 4.78 is 11.5. The highest BCUT2D eigenvalue weighted by atomic mass is 16.7. The molecule has 1 aliphatic heterocycles. The molecule has 156 valence electrons. The lowest BCUT2D eigenvalue weighted by Gasteiger charge is -2.57. The van der Waals surface area contributed by atoms with Gasteiger partial charge in [0.2, 0.25) is 0 Å². The SMILES string of the molecule is CC(=O)C=C[C@]1(O)C(C)(C)CCC[C@]1(C)O[C@@H]1O[C@H](CO)[C@@H](O)[C@H](O)[C@H]1O. The fraction of sp³-hybridized carbons (Fsp3) is 0.842. The monoisotopic (exact) mass is 388 g/mol. The molecule has 0 amide bonds. The van der Waals surface area contributed by atoms with Gasteiger partial charge in [-0.15, -0.1) is 0 Å². The molecule has 8 heteroatoms. The number of hydrogen-bond donors (Lipinski definition) is 5. The molecule has 0 radical (unpaired) electrons. The molecule has 0 aromatic carbocycles. The zero-order valence-electron chi connectivity index (χ0n) is 16.3. The molecule has 27 heavy (non-hydrogen) atoms. The van der Waals surface area contributed by atoms with E-state index in [-0.39, 0.29) is 5.78 Å². The Kier molecular flexibility index (Phi) is 6.53. The number of ketones is 1. The summed E-state index contributed by atoms with van der Waals surface area (Å²) in [6, 6.07) is 0. The minimum absolute atomic E-state index is 0.222. The average molecular weight is 388 g/mol. The topological polar surface area (TPSA) is 137 Å². The minimum Gasteiger partial charge on any atom is -0.394 e. The van der Waals surface area contributed by atoms with Crippen LogP contribution in [-0.2, 0) is 14.3 Å². The Bertz CT molecular complexity index is 574. The van der Waals surface area contributed by atoms with Crippen molar-refractivity contribution in [2.45, 2.75) is 88.9 Å². The van der Waals surface area contributed by atoms with Gasteiger partial charge in [-0.2, -0.15) is 0 Å². The van der Waals surface area contributed by atoms with Gasteiger partial charge < -0.3 is 35.0 Å². The Morgan fingerprint density at radius 2 is 1.78 bits per heavy atom. The number of allylic oxidation sites excluding steroid dienone is 1. The Morgan fingerprint density at radius 3 is 2.33 bits per heavy atom. The normalized spacial score (nSPS) is 45.1. The maximum Gasteiger partial charge on any atom is 0.187 e. The van der Waals surface area contributed by atoms with E-state index in [1.807, 2.05) is 13.8 Å². The van der Waals surface area contributed by atoms with Crippen molar-refractivity contribution >= 4 is 5.78 Å². The standard InChI is InChI=1S/C19H32O8/c1-11(21)6-9-19(25)17(2,3)7-5-8-18(19,4)27-16-15(24)14(23)13(22)12(10-20)26-16/h6,9,12-16,20,22-25H,5,7-8,10H2,1-4H3/t12-,13-,14+,15-,16+,18+,19+/m1/s1. The molecule has 1 aliphatic carbocycles. The van der Waals surface area contributed by atoms with Gasteiger partial charge in [-0.3, -0.25) is 4.79 Å². The lowest BCUT2D eigenvalue weighted by atomic mass is 9.58. The van der Waals surface area contributed by atoms with Crippen molar-refractivity contribution in [1.29, 1.82) is 0 Å². The van der Waals surface area contributed by atoms with Crippen molar-refractivity contribution in [2.24, 2.45) is 5.41 Å². The third-order valence-electron chi connectivity index (χ3n) is 6.08. The van der Waals surface area contributed by atoms with Crippen LogP contribution in [0.15, 0.2) is 12.2 Å². The van der Waals surface area contributed by atoms with E-state index >= 15 is 0 Å². The van der Waals surface area contributed by atoms with Gasteiger partial charge in [-0.1, -0.05) is 13.8 Å². The Morgan fingerprint density at radius 1 is 1.15 bits per heavy atom. The van der Waals surface area contributed by atoms with Crippen molar-refractivity contribution in [3.8, 4) is 0 Å². The first-order valence-corrected chi connectivity index (χ1v) is 9.29. The average Bonchev–Trinajstić information content (AvgIpc) is 2.58. The molecule has 5 N–H and O–H groups in total. The van der Waals surface area contributed by atoms with Crippen molar-refractivity contribution < 1.29 is 39.8 Å². The van der Waals surface area contributed by atoms with Gasteiger partial charge >= 0.3 is 0 Å². The fourth-order valence-corrected chi connectivity index (χ4v) is 4.17. The number of carbonyl (C=O) groups is 1. The summed E-state index contributed by atoms with van der Waals surface area (Å²) in [5.74, 6) is -0.222. The van der Waals surface area contributed by atoms with E-state index in [1.54, 1.807) is 6.92 Å². The van der Waals surface area contributed by atoms with E-state index in [0.717, 1.165) is 6.42 Å². The second-order valence-corrected chi connectivity index (χ2v) is 8.49. The molecule has 2 fully saturated rings. The van der Waals surface area contributed by atoms with Crippen LogP contribution >= 0.6 is 0 Å². The van der Waals surface area contributed by atoms with Crippen LogP contribution in [0.4, 0.5) is 0 Å². The third kappa shape index (κ3) is 3.98. The first-order chi connectivity index (χ1) is 12.4. The van der Waals surface area contributed by atoms with Crippen LogP contribution in [0.25, 0.3) is 0 Å². The summed E-state index contributed by atoms with van der Waals surface area (Å²) in [5, 5.41) is 51.1. The first-order valence-electron chi connectivity index (χ1n) is 9.29. The van der Waals surface area contributed by atoms with Gasteiger partial charge in [0.1, 0.15) is 35.6 Å². The van der Waals surface area contributed by atoms with Gasteiger partial charge in [-0.05, 0) is 50.7 Å². The number of hydrogen-bond acceptors (Lipinski definition) is 8. The maximum atomic E-state index is 11.6. The molecule has 1 saturated heterocycles. The van der Waals surface area contributed by atoms with Crippen molar-refractivity contribution in [2.75, 3.05) is 6.61 Å². The summed E-state index contributed by atoms with van der Waals surface area (Å²) in [6.45, 7) is 6.21. The van der Waals surface area contributed by atoms with Gasteiger partial charge in [0.05, 0.1) is 6.61 Å². The molecule has 2 rings (SSSR count). The molecule has 0 bridgehead atoms. The second kappa shape index (κ2) is 7.87. The van der Waals surface area contributed by atoms with E-state index in [9.17, 15) is 30.3 Å². The molecule has 0 aromatic heterocycles. The summed E-state index contributed by atoms with van der Waals surface area (Å²) in [7, 11) is 0. The minimum atomic E-state index is -1.57. The van der Waals surface area contributed by atoms with Crippen LogP contribution in [0.5, 0.6) is 0 Å². The number of ether oxygens (including phenoxy) is 2. The van der Waals surface area contributed by atoms with E-state index in [1.165, 1.54) is 19.1 Å². The van der Waals surface area contributed by atoms with Gasteiger partial charge in [-0.25, -0.2) is 0 Å². The molecule has 8 nitrogen and oxygen atoms in total. The zero-order valence-corrected chi connectivity index (χ0v) is 16.3. The molecule has 7 atom stereocenters. The smallest absolute Gasteiger partial charge is 0.187 e. The largest absolute Gasteiger partial charge is 0.394 e. The van der Waals surface area contributed by atoms with Crippen molar-refractivity contribution in [1.82, 2.24) is 0 Å². The molecule has 2 aliphatic rings. The quantitative estimate of drug-likeness (QED) is 0.403. The lowest BCUT2D eigenvalue weighted by Crippen LogP contribution is -2.67. The molecule has 0 aromatic rings. The number of rotatable bonds is 5. The number of aliphatic hydroxyl groups is 5. The van der Waals surface area contributed by atoms with Crippen LogP contribution in [0.2, 0.25) is 0 Å². The molecule has 1 heterocycles. The van der Waals surface area contributed by atoms with Gasteiger partial charge in [0.25, 0.3) is 0 Å². The molecule has 0 unspecified atom stereocenters. The van der Waals surface area contributed by atoms with E-state index in [0.29, 0.717) is 12.8 Å². The lowest BCUT2D eigenvalue weighted by molar-refractivity contribution is -0.352. The van der Waals surface area contributed by atoms with Crippen molar-refractivity contribution in [3.05, 3.63) is 12.2 Å². The molecule has 0 spiro atoms. The van der Waals surface area contributed by atoms with Crippen molar-refractivity contribution in [3.63, 3.8) is 0 Å². The van der Waals surface area contributed by atoms with E-state index in [2.05, 4.69) is 0 Å². The molecule has 1 saturated carbocycles. The van der Waals surface area contributed by atoms with Gasteiger partial charge in [0.15, 0.2) is 12.1 Å². The van der Waals surface area contributed by atoms with Crippen LogP contribution in [0, 0.1) is 5.41 Å². The highest BCUT2D eigenvalue weighted by Crippen LogP contribution is 2.52. The second-order valence-electron chi connectivity index (χ2n) is 8.49. The Labute approximate surface area is 159 Å². The zero-order chi connectivity index (χ0) is 20.6. The summed E-state index contributed by atoms with van der Waals surface area (Å²) in [4.78, 5) is 11.5. The van der Waals surface area contributed by atoms with Gasteiger partial charge in [0, 0.05) is 0 Å². The molecular formula is C19H32O8. The fourth-order valence-electron chi connectivity index (χ4n) is 4.17. The van der Waals surface area contributed by atoms with Crippen LogP contribution in [-0.4, -0.2) is 79.8 Å². The summed E-state index contributed by atoms with van der Waals surface area (Å²) in [5.41, 5.74) is -3.43. The van der Waals surface area contributed by atoms with E-state index in [4.69, 9.17) is 9.47 Å². The van der Waals surface area contributed by atoms with Crippen LogP contribution in [0.3, 0.4) is 0 Å². The summed E-state index contributed by atoms with van der Waals surface area (Å²) in [6.07, 6.45) is -2.52. The number of aliphatic hydroxyl groups excluding tert-OH is 4. The first kappa shape index (κ1) is 22.4. The van der Waals surface area contributed by atoms with Crippen LogP contribution in [0.1, 0.15) is 47.0 Å². The highest BCUT2D eigenvalue weighted by molar-refractivity contribution is 5.87. The predicted octanol–water partition coefficient (Wildman–Crippen LogP) is -0.352. The third-order valence-corrected chi connectivity index (χ3v) is 6.08. The van der Waals surface area contributed by atoms with E-state index < -0.39 is 53.9 Å². The Balaban J connectivity index is 2.36. The Hall–Kier alpha value is -0.870.